The maximum Gasteiger partial charge on any atom is 0.251 e. The predicted octanol–water partition coefficient (Wildman–Crippen LogP) is 2.64. The molecular weight excluding hydrogens is 354 g/mol. The Hall–Kier alpha value is -2.08. The normalized spacial score (nSPS) is 16.3. The average Bonchev–Trinajstić information content (AvgIpc) is 2.66. The summed E-state index contributed by atoms with van der Waals surface area (Å²) in [6.07, 6.45) is 0. The molecule has 6 heteroatoms. The molecule has 156 valence electrons. The molecule has 0 bridgehead atoms. The summed E-state index contributed by atoms with van der Waals surface area (Å²) in [6.45, 7) is 15.1. The van der Waals surface area contributed by atoms with E-state index in [0.717, 1.165) is 25.4 Å². The number of piperazine rings is 1. The van der Waals surface area contributed by atoms with E-state index in [9.17, 15) is 9.59 Å². The highest BCUT2D eigenvalue weighted by atomic mass is 16.5. The molecule has 1 unspecified atom stereocenters. The van der Waals surface area contributed by atoms with Crippen LogP contribution in [-0.2, 0) is 4.79 Å². The summed E-state index contributed by atoms with van der Waals surface area (Å²) in [6, 6.07) is 6.49. The van der Waals surface area contributed by atoms with Gasteiger partial charge in [0.15, 0.2) is 0 Å². The molecule has 1 saturated heterocycles. The van der Waals surface area contributed by atoms with Crippen molar-refractivity contribution in [1.29, 1.82) is 0 Å². The summed E-state index contributed by atoms with van der Waals surface area (Å²) >= 11 is 0. The Labute approximate surface area is 169 Å². The zero-order chi connectivity index (χ0) is 20.7. The number of hydrogen-bond acceptors (Lipinski definition) is 4. The molecule has 1 aromatic rings. The van der Waals surface area contributed by atoms with Gasteiger partial charge in [0.1, 0.15) is 11.8 Å². The minimum Gasteiger partial charge on any atom is -0.494 e. The van der Waals surface area contributed by atoms with Crippen LogP contribution < -0.4 is 10.1 Å². The molecule has 1 atom stereocenters. The largest absolute Gasteiger partial charge is 0.494 e. The highest BCUT2D eigenvalue weighted by molar-refractivity contribution is 5.97. The van der Waals surface area contributed by atoms with Crippen LogP contribution in [0.15, 0.2) is 24.3 Å². The minimum absolute atomic E-state index is 0.0125. The molecule has 1 fully saturated rings. The highest BCUT2D eigenvalue weighted by Crippen LogP contribution is 2.14. The van der Waals surface area contributed by atoms with E-state index in [1.165, 1.54) is 0 Å². The van der Waals surface area contributed by atoms with Crippen molar-refractivity contribution >= 4 is 11.8 Å². The van der Waals surface area contributed by atoms with Crippen LogP contribution in [0.3, 0.4) is 0 Å². The van der Waals surface area contributed by atoms with Gasteiger partial charge < -0.3 is 15.0 Å². The zero-order valence-electron chi connectivity index (χ0n) is 17.9. The number of carbonyl (C=O) groups is 2. The average molecular weight is 390 g/mol. The van der Waals surface area contributed by atoms with Gasteiger partial charge in [-0.25, -0.2) is 0 Å². The molecule has 0 aliphatic carbocycles. The van der Waals surface area contributed by atoms with Crippen LogP contribution in [-0.4, -0.2) is 67.0 Å². The molecule has 1 aromatic carbocycles. The lowest BCUT2D eigenvalue weighted by molar-refractivity contribution is -0.136. The second kappa shape index (κ2) is 10.5. The summed E-state index contributed by atoms with van der Waals surface area (Å²) in [5.41, 5.74) is 0.531. The summed E-state index contributed by atoms with van der Waals surface area (Å²) < 4.78 is 5.41. The van der Waals surface area contributed by atoms with E-state index in [1.807, 2.05) is 25.7 Å². The van der Waals surface area contributed by atoms with Crippen LogP contribution in [0.2, 0.25) is 0 Å². The quantitative estimate of drug-likeness (QED) is 0.742. The maximum absolute atomic E-state index is 13.0. The molecule has 0 radical (unpaired) electrons. The van der Waals surface area contributed by atoms with Crippen molar-refractivity contribution in [3.05, 3.63) is 29.8 Å². The van der Waals surface area contributed by atoms with Crippen LogP contribution >= 0.6 is 0 Å². The SMILES string of the molecule is CCOc1ccc(C(=O)NC(C(=O)N2CCN(CC(C)C)CC2)C(C)C)cc1. The number of rotatable bonds is 8. The first-order valence-electron chi connectivity index (χ1n) is 10.4. The van der Waals surface area contributed by atoms with E-state index >= 15 is 0 Å². The number of carbonyl (C=O) groups excluding carboxylic acids is 2. The lowest BCUT2D eigenvalue weighted by Crippen LogP contribution is -2.56. The van der Waals surface area contributed by atoms with E-state index in [-0.39, 0.29) is 17.7 Å². The van der Waals surface area contributed by atoms with Gasteiger partial charge in [-0.3, -0.25) is 14.5 Å². The van der Waals surface area contributed by atoms with E-state index in [2.05, 4.69) is 24.1 Å². The van der Waals surface area contributed by atoms with Crippen LogP contribution in [0.1, 0.15) is 45.0 Å². The summed E-state index contributed by atoms with van der Waals surface area (Å²) in [4.78, 5) is 30.0. The summed E-state index contributed by atoms with van der Waals surface area (Å²) in [7, 11) is 0. The van der Waals surface area contributed by atoms with Gasteiger partial charge in [-0.15, -0.1) is 0 Å². The number of amides is 2. The van der Waals surface area contributed by atoms with Crippen molar-refractivity contribution in [3.63, 3.8) is 0 Å². The van der Waals surface area contributed by atoms with Gasteiger partial charge >= 0.3 is 0 Å². The number of hydrogen-bond donors (Lipinski definition) is 1. The van der Waals surface area contributed by atoms with Gasteiger partial charge in [-0.2, -0.15) is 0 Å². The Balaban J connectivity index is 1.96. The molecule has 28 heavy (non-hydrogen) atoms. The first kappa shape index (κ1) is 22.2. The maximum atomic E-state index is 13.0. The molecule has 0 spiro atoms. The van der Waals surface area contributed by atoms with Crippen molar-refractivity contribution in [2.24, 2.45) is 11.8 Å². The fraction of sp³-hybridized carbons (Fsp3) is 0.636. The van der Waals surface area contributed by atoms with Crippen LogP contribution in [0.4, 0.5) is 0 Å². The summed E-state index contributed by atoms with van der Waals surface area (Å²) in [5.74, 6) is 1.16. The topological polar surface area (TPSA) is 61.9 Å². The van der Waals surface area contributed by atoms with Gasteiger partial charge in [0.2, 0.25) is 5.91 Å². The van der Waals surface area contributed by atoms with Gasteiger partial charge in [-0.05, 0) is 43.0 Å². The number of benzene rings is 1. The third-order valence-electron chi connectivity index (χ3n) is 4.95. The van der Waals surface area contributed by atoms with E-state index in [0.29, 0.717) is 31.2 Å². The molecule has 1 aliphatic rings. The Morgan fingerprint density at radius 3 is 2.14 bits per heavy atom. The van der Waals surface area contributed by atoms with Crippen molar-refractivity contribution < 1.29 is 14.3 Å². The lowest BCUT2D eigenvalue weighted by atomic mass is 10.0. The molecule has 2 rings (SSSR count). The molecule has 1 N–H and O–H groups in total. The summed E-state index contributed by atoms with van der Waals surface area (Å²) in [5, 5.41) is 2.94. The van der Waals surface area contributed by atoms with Crippen molar-refractivity contribution in [3.8, 4) is 5.75 Å². The first-order valence-corrected chi connectivity index (χ1v) is 10.4. The predicted molar refractivity (Wildman–Crippen MR) is 112 cm³/mol. The van der Waals surface area contributed by atoms with Crippen LogP contribution in [0.5, 0.6) is 5.75 Å². The van der Waals surface area contributed by atoms with Gasteiger partial charge in [0.25, 0.3) is 5.91 Å². The van der Waals surface area contributed by atoms with Crippen LogP contribution in [0.25, 0.3) is 0 Å². The third-order valence-corrected chi connectivity index (χ3v) is 4.95. The van der Waals surface area contributed by atoms with Gasteiger partial charge in [0.05, 0.1) is 6.61 Å². The number of ether oxygens (including phenoxy) is 1. The third kappa shape index (κ3) is 6.23. The Morgan fingerprint density at radius 1 is 1.04 bits per heavy atom. The Kier molecular flexibility index (Phi) is 8.30. The molecule has 2 amide bonds. The van der Waals surface area contributed by atoms with Crippen molar-refractivity contribution in [2.75, 3.05) is 39.3 Å². The molecule has 1 heterocycles. The number of nitrogens with zero attached hydrogens (tertiary/aromatic N) is 2. The van der Waals surface area contributed by atoms with Crippen molar-refractivity contribution in [1.82, 2.24) is 15.1 Å². The second-order valence-electron chi connectivity index (χ2n) is 8.17. The van der Waals surface area contributed by atoms with E-state index in [1.54, 1.807) is 24.3 Å². The first-order chi connectivity index (χ1) is 13.3. The standard InChI is InChI=1S/C22H35N3O3/c1-6-28-19-9-7-18(8-10-19)21(26)23-20(17(4)5)22(27)25-13-11-24(12-14-25)15-16(2)3/h7-10,16-17,20H,6,11-15H2,1-5H3,(H,23,26). The van der Waals surface area contributed by atoms with Crippen molar-refractivity contribution in [2.45, 2.75) is 40.7 Å². The monoisotopic (exact) mass is 389 g/mol. The smallest absolute Gasteiger partial charge is 0.251 e. The van der Waals surface area contributed by atoms with Crippen LogP contribution in [0, 0.1) is 11.8 Å². The molecule has 1 aliphatic heterocycles. The lowest BCUT2D eigenvalue weighted by Gasteiger charge is -2.37. The van der Waals surface area contributed by atoms with Gasteiger partial charge in [0, 0.05) is 38.3 Å². The zero-order valence-corrected chi connectivity index (χ0v) is 17.9. The number of nitrogens with one attached hydrogen (secondary N) is 1. The molecule has 6 nitrogen and oxygen atoms in total. The second-order valence-corrected chi connectivity index (χ2v) is 8.17. The molecule has 0 saturated carbocycles. The van der Waals surface area contributed by atoms with Gasteiger partial charge in [-0.1, -0.05) is 27.7 Å². The Morgan fingerprint density at radius 2 is 1.64 bits per heavy atom. The minimum atomic E-state index is -0.518. The Bertz CT molecular complexity index is 635. The van der Waals surface area contributed by atoms with E-state index < -0.39 is 6.04 Å². The highest BCUT2D eigenvalue weighted by Gasteiger charge is 2.31. The molecule has 0 aromatic heterocycles. The molecular formula is C22H35N3O3. The van der Waals surface area contributed by atoms with E-state index in [4.69, 9.17) is 4.74 Å². The fourth-order valence-corrected chi connectivity index (χ4v) is 3.47. The fourth-order valence-electron chi connectivity index (χ4n) is 3.47.